The molecule has 2 fully saturated rings. The smallest absolute Gasteiger partial charge is 0.338 e. The van der Waals surface area contributed by atoms with Crippen molar-refractivity contribution >= 4 is 22.7 Å². The van der Waals surface area contributed by atoms with Crippen molar-refractivity contribution < 1.29 is 19.1 Å². The molecule has 3 aliphatic carbocycles. The highest BCUT2D eigenvalue weighted by molar-refractivity contribution is 5.94. The molecule has 6 atom stereocenters. The van der Waals surface area contributed by atoms with E-state index in [1.54, 1.807) is 0 Å². The first-order valence-electron chi connectivity index (χ1n) is 13.9. The Kier molecular flexibility index (Phi) is 5.45. The van der Waals surface area contributed by atoms with E-state index >= 15 is 0 Å². The lowest BCUT2D eigenvalue weighted by Gasteiger charge is -2.38. The summed E-state index contributed by atoms with van der Waals surface area (Å²) in [6.45, 7) is 7.93. The summed E-state index contributed by atoms with van der Waals surface area (Å²) < 4.78 is 12.6. The van der Waals surface area contributed by atoms with Gasteiger partial charge in [-0.05, 0) is 92.1 Å². The average molecular weight is 517 g/mol. The summed E-state index contributed by atoms with van der Waals surface area (Å²) in [5.41, 5.74) is 7.85. The van der Waals surface area contributed by atoms with Crippen LogP contribution in [0.15, 0.2) is 72.8 Å². The number of ether oxygens (including phenoxy) is 2. The van der Waals surface area contributed by atoms with Gasteiger partial charge in [0.15, 0.2) is 0 Å². The summed E-state index contributed by atoms with van der Waals surface area (Å²) in [7, 11) is 0. The molecular weight excluding hydrogens is 484 g/mol. The standard InChI is InChI=1S/C35H32O4/c1-18-11-19(2)14-23(13-18)34(36)38-32-27-17-28(33(32)39-35(37)24-15-20(3)12-21(4)16-24)31-26-10-6-8-22-7-5-9-25(29(22)26)30(27)31/h5-16,27-28,30-33H,17H2,1-4H3. The normalized spacial score (nSPS) is 26.1. The number of benzene rings is 4. The molecule has 0 N–H and O–H groups in total. The largest absolute Gasteiger partial charge is 0.454 e. The van der Waals surface area contributed by atoms with Crippen molar-refractivity contribution in [2.24, 2.45) is 11.8 Å². The van der Waals surface area contributed by atoms with Crippen LogP contribution in [0.4, 0.5) is 0 Å². The van der Waals surface area contributed by atoms with Gasteiger partial charge in [0.2, 0.25) is 0 Å². The number of carbonyl (C=O) groups is 2. The molecule has 0 saturated heterocycles. The van der Waals surface area contributed by atoms with E-state index in [1.165, 1.54) is 21.9 Å². The zero-order chi connectivity index (χ0) is 27.0. The van der Waals surface area contributed by atoms with E-state index in [0.717, 1.165) is 28.7 Å². The molecular formula is C35H32O4. The maximum atomic E-state index is 13.5. The van der Waals surface area contributed by atoms with Crippen molar-refractivity contribution in [1.29, 1.82) is 0 Å². The number of hydrogen-bond acceptors (Lipinski definition) is 4. The Morgan fingerprint density at radius 1 is 0.615 bits per heavy atom. The van der Waals surface area contributed by atoms with Gasteiger partial charge in [0.05, 0.1) is 11.1 Å². The van der Waals surface area contributed by atoms with E-state index in [2.05, 4.69) is 36.4 Å². The lowest BCUT2D eigenvalue weighted by atomic mass is 9.75. The maximum Gasteiger partial charge on any atom is 0.338 e. The minimum Gasteiger partial charge on any atom is -0.454 e. The zero-order valence-electron chi connectivity index (χ0n) is 22.7. The Labute approximate surface area is 229 Å². The quantitative estimate of drug-likeness (QED) is 0.266. The van der Waals surface area contributed by atoms with Crippen LogP contribution in [0.3, 0.4) is 0 Å². The molecule has 0 aromatic heterocycles. The molecule has 0 amide bonds. The van der Waals surface area contributed by atoms with Crippen molar-refractivity contribution in [3.05, 3.63) is 117 Å². The third-order valence-corrected chi connectivity index (χ3v) is 9.11. The molecule has 7 rings (SSSR count). The van der Waals surface area contributed by atoms with Crippen LogP contribution in [0.1, 0.15) is 72.4 Å². The van der Waals surface area contributed by atoms with Gasteiger partial charge in [-0.25, -0.2) is 9.59 Å². The first-order chi connectivity index (χ1) is 18.8. The first-order valence-corrected chi connectivity index (χ1v) is 13.9. The molecule has 2 saturated carbocycles. The lowest BCUT2D eigenvalue weighted by molar-refractivity contribution is -0.0633. The van der Waals surface area contributed by atoms with Gasteiger partial charge in [-0.2, -0.15) is 0 Å². The van der Waals surface area contributed by atoms with Crippen LogP contribution < -0.4 is 0 Å². The number of carbonyl (C=O) groups excluding carboxylic acids is 2. The van der Waals surface area contributed by atoms with Crippen LogP contribution in [0.2, 0.25) is 0 Å². The highest BCUT2D eigenvalue weighted by Crippen LogP contribution is 2.67. The lowest BCUT2D eigenvalue weighted by Crippen LogP contribution is -2.44. The zero-order valence-corrected chi connectivity index (χ0v) is 22.7. The number of hydrogen-bond donors (Lipinski definition) is 0. The van der Waals surface area contributed by atoms with Gasteiger partial charge < -0.3 is 9.47 Å². The third-order valence-electron chi connectivity index (χ3n) is 9.11. The average Bonchev–Trinajstić information content (AvgIpc) is 3.54. The van der Waals surface area contributed by atoms with Crippen molar-refractivity contribution in [2.45, 2.75) is 58.2 Å². The summed E-state index contributed by atoms with van der Waals surface area (Å²) in [5, 5.41) is 2.57. The molecule has 6 unspecified atom stereocenters. The van der Waals surface area contributed by atoms with Crippen molar-refractivity contribution in [2.75, 3.05) is 0 Å². The second-order valence-corrected chi connectivity index (χ2v) is 11.9. The number of fused-ring (bicyclic) bond motifs is 7. The Bertz CT molecular complexity index is 1510. The molecule has 0 radical (unpaired) electrons. The molecule has 3 aliphatic rings. The van der Waals surface area contributed by atoms with Gasteiger partial charge >= 0.3 is 11.9 Å². The first kappa shape index (κ1) is 24.1. The van der Waals surface area contributed by atoms with E-state index in [0.29, 0.717) is 11.1 Å². The Morgan fingerprint density at radius 2 is 1.03 bits per heavy atom. The second kappa shape index (κ2) is 8.81. The Balaban J connectivity index is 1.27. The highest BCUT2D eigenvalue weighted by Gasteiger charge is 2.64. The molecule has 39 heavy (non-hydrogen) atoms. The highest BCUT2D eigenvalue weighted by atomic mass is 16.6. The molecule has 4 aromatic carbocycles. The van der Waals surface area contributed by atoms with Gasteiger partial charge in [-0.15, -0.1) is 0 Å². The van der Waals surface area contributed by atoms with E-state index < -0.39 is 12.2 Å². The molecule has 0 heterocycles. The second-order valence-electron chi connectivity index (χ2n) is 11.9. The van der Waals surface area contributed by atoms with Crippen molar-refractivity contribution in [1.82, 2.24) is 0 Å². The minimum atomic E-state index is -0.496. The predicted octanol–water partition coefficient (Wildman–Crippen LogP) is 7.36. The molecule has 2 bridgehead atoms. The number of rotatable bonds is 4. The van der Waals surface area contributed by atoms with Gasteiger partial charge in [-0.1, -0.05) is 70.8 Å². The fraction of sp³-hybridized carbons (Fsp3) is 0.314. The van der Waals surface area contributed by atoms with Crippen LogP contribution in [0.25, 0.3) is 10.8 Å². The van der Waals surface area contributed by atoms with E-state index in [9.17, 15) is 9.59 Å². The van der Waals surface area contributed by atoms with Gasteiger partial charge in [0.1, 0.15) is 12.2 Å². The van der Waals surface area contributed by atoms with Crippen LogP contribution in [0.5, 0.6) is 0 Å². The Morgan fingerprint density at radius 3 is 1.44 bits per heavy atom. The van der Waals surface area contributed by atoms with E-state index in [1.807, 2.05) is 64.1 Å². The fourth-order valence-electron chi connectivity index (χ4n) is 7.99. The number of aryl methyl sites for hydroxylation is 4. The summed E-state index contributed by atoms with van der Waals surface area (Å²) in [4.78, 5) is 27.0. The minimum absolute atomic E-state index is 0.0879. The molecule has 4 nitrogen and oxygen atoms in total. The summed E-state index contributed by atoms with van der Waals surface area (Å²) in [6.07, 6.45) is -0.122. The van der Waals surface area contributed by atoms with Gasteiger partial charge in [-0.3, -0.25) is 0 Å². The number of esters is 2. The molecule has 0 spiro atoms. The summed E-state index contributed by atoms with van der Waals surface area (Å²) in [6, 6.07) is 24.6. The maximum absolute atomic E-state index is 13.5. The topological polar surface area (TPSA) is 52.6 Å². The van der Waals surface area contributed by atoms with E-state index in [-0.39, 0.29) is 35.6 Å². The molecule has 4 heteroatoms. The van der Waals surface area contributed by atoms with Crippen LogP contribution in [0, 0.1) is 39.5 Å². The summed E-state index contributed by atoms with van der Waals surface area (Å²) >= 11 is 0. The van der Waals surface area contributed by atoms with Crippen molar-refractivity contribution in [3.63, 3.8) is 0 Å². The molecule has 0 aliphatic heterocycles. The fourth-order valence-corrected chi connectivity index (χ4v) is 7.99. The monoisotopic (exact) mass is 516 g/mol. The van der Waals surface area contributed by atoms with E-state index in [4.69, 9.17) is 9.47 Å². The van der Waals surface area contributed by atoms with Gasteiger partial charge in [0.25, 0.3) is 0 Å². The molecule has 196 valence electrons. The third kappa shape index (κ3) is 3.80. The van der Waals surface area contributed by atoms with Crippen molar-refractivity contribution in [3.8, 4) is 0 Å². The van der Waals surface area contributed by atoms with Gasteiger partial charge in [0, 0.05) is 11.8 Å². The SMILES string of the molecule is Cc1cc(C)cc(C(=O)OC2C3CC(C2OC(=O)c2cc(C)cc(C)c2)C2c4cccc5cccc(c45)C32)c1. The van der Waals surface area contributed by atoms with Crippen LogP contribution in [-0.4, -0.2) is 24.1 Å². The Hall–Kier alpha value is -3.92. The molecule has 4 aromatic rings. The van der Waals surface area contributed by atoms with Crippen LogP contribution in [-0.2, 0) is 9.47 Å². The predicted molar refractivity (Wildman–Crippen MR) is 151 cm³/mol. The van der Waals surface area contributed by atoms with Crippen LogP contribution >= 0.6 is 0 Å². The summed E-state index contributed by atoms with van der Waals surface area (Å²) in [5.74, 6) is -0.0161.